The Bertz CT molecular complexity index is 490. The van der Waals surface area contributed by atoms with E-state index in [1.54, 1.807) is 0 Å². The molecule has 2 aromatic heterocycles. The minimum absolute atomic E-state index is 0.263. The fraction of sp³-hybridized carbons (Fsp3) is 0.222. The van der Waals surface area contributed by atoms with Gasteiger partial charge >= 0.3 is 0 Å². The SMILES string of the molecule is Cc1cc2c(C)nc(NC=O)nc2o1. The van der Waals surface area contributed by atoms with Crippen LogP contribution >= 0.6 is 0 Å². The molecule has 0 radical (unpaired) electrons. The van der Waals surface area contributed by atoms with Gasteiger partial charge in [-0.25, -0.2) is 4.98 Å². The monoisotopic (exact) mass is 191 g/mol. The molecule has 0 bridgehead atoms. The molecule has 5 nitrogen and oxygen atoms in total. The topological polar surface area (TPSA) is 68.0 Å². The van der Waals surface area contributed by atoms with Gasteiger partial charge in [0.1, 0.15) is 5.76 Å². The van der Waals surface area contributed by atoms with Crippen molar-refractivity contribution in [2.75, 3.05) is 5.32 Å². The zero-order valence-corrected chi connectivity index (χ0v) is 7.87. The normalized spacial score (nSPS) is 10.4. The first-order valence-electron chi connectivity index (χ1n) is 4.15. The molecule has 0 aliphatic heterocycles. The summed E-state index contributed by atoms with van der Waals surface area (Å²) in [4.78, 5) is 18.3. The van der Waals surface area contributed by atoms with Crippen molar-refractivity contribution in [1.29, 1.82) is 0 Å². The second-order valence-electron chi connectivity index (χ2n) is 2.97. The number of rotatable bonds is 2. The number of aromatic nitrogens is 2. The Morgan fingerprint density at radius 2 is 2.21 bits per heavy atom. The molecule has 0 atom stereocenters. The minimum Gasteiger partial charge on any atom is -0.443 e. The molecule has 0 aliphatic carbocycles. The second-order valence-corrected chi connectivity index (χ2v) is 2.97. The Labute approximate surface area is 80.2 Å². The molecule has 5 heteroatoms. The van der Waals surface area contributed by atoms with E-state index in [1.165, 1.54) is 0 Å². The van der Waals surface area contributed by atoms with Gasteiger partial charge in [0.05, 0.1) is 11.1 Å². The van der Waals surface area contributed by atoms with Crippen LogP contribution in [0.2, 0.25) is 0 Å². The fourth-order valence-corrected chi connectivity index (χ4v) is 1.30. The zero-order chi connectivity index (χ0) is 10.1. The van der Waals surface area contributed by atoms with Crippen molar-refractivity contribution in [3.8, 4) is 0 Å². The molecule has 0 spiro atoms. The number of aryl methyl sites for hydroxylation is 2. The van der Waals surface area contributed by atoms with E-state index < -0.39 is 0 Å². The number of hydrogen-bond donors (Lipinski definition) is 1. The van der Waals surface area contributed by atoms with Crippen LogP contribution in [0.25, 0.3) is 11.1 Å². The molecule has 0 aromatic carbocycles. The molecule has 0 aliphatic rings. The summed E-state index contributed by atoms with van der Waals surface area (Å²) in [6, 6.07) is 1.87. The molecule has 72 valence electrons. The highest BCUT2D eigenvalue weighted by molar-refractivity contribution is 5.79. The number of carbonyl (C=O) groups is 1. The van der Waals surface area contributed by atoms with Gasteiger partial charge < -0.3 is 4.42 Å². The lowest BCUT2D eigenvalue weighted by molar-refractivity contribution is -0.105. The Hall–Kier alpha value is -1.91. The molecule has 14 heavy (non-hydrogen) atoms. The average Bonchev–Trinajstić information content (AvgIpc) is 2.47. The van der Waals surface area contributed by atoms with Crippen LogP contribution in [-0.2, 0) is 4.79 Å². The first kappa shape index (κ1) is 8.68. The third-order valence-corrected chi connectivity index (χ3v) is 1.89. The molecule has 1 N–H and O–H groups in total. The lowest BCUT2D eigenvalue weighted by Crippen LogP contribution is -2.00. The van der Waals surface area contributed by atoms with Crippen LogP contribution in [0.3, 0.4) is 0 Å². The van der Waals surface area contributed by atoms with E-state index in [1.807, 2.05) is 19.9 Å². The lowest BCUT2D eigenvalue weighted by Gasteiger charge is -1.98. The van der Waals surface area contributed by atoms with Crippen LogP contribution in [0.5, 0.6) is 0 Å². The summed E-state index contributed by atoms with van der Waals surface area (Å²) in [5.74, 6) is 1.04. The first-order chi connectivity index (χ1) is 6.70. The van der Waals surface area contributed by atoms with Crippen LogP contribution in [0.15, 0.2) is 10.5 Å². The van der Waals surface area contributed by atoms with Crippen LogP contribution in [0.1, 0.15) is 11.5 Å². The fourth-order valence-electron chi connectivity index (χ4n) is 1.30. The van der Waals surface area contributed by atoms with E-state index in [2.05, 4.69) is 15.3 Å². The van der Waals surface area contributed by atoms with Gasteiger partial charge in [-0.2, -0.15) is 4.98 Å². The van der Waals surface area contributed by atoms with Crippen molar-refractivity contribution < 1.29 is 9.21 Å². The molecule has 0 unspecified atom stereocenters. The number of anilines is 1. The van der Waals surface area contributed by atoms with Gasteiger partial charge in [-0.3, -0.25) is 10.1 Å². The van der Waals surface area contributed by atoms with Gasteiger partial charge in [-0.05, 0) is 19.9 Å². The highest BCUT2D eigenvalue weighted by atomic mass is 16.3. The molecule has 1 amide bonds. The van der Waals surface area contributed by atoms with Crippen molar-refractivity contribution in [2.45, 2.75) is 13.8 Å². The number of fused-ring (bicyclic) bond motifs is 1. The molecule has 0 fully saturated rings. The summed E-state index contributed by atoms with van der Waals surface area (Å²) in [6.07, 6.45) is 0.538. The van der Waals surface area contributed by atoms with E-state index in [0.29, 0.717) is 12.1 Å². The lowest BCUT2D eigenvalue weighted by atomic mass is 10.3. The van der Waals surface area contributed by atoms with Crippen molar-refractivity contribution in [2.24, 2.45) is 0 Å². The molecular formula is C9H9N3O2. The van der Waals surface area contributed by atoms with Gasteiger partial charge in [0.2, 0.25) is 18.1 Å². The van der Waals surface area contributed by atoms with E-state index in [-0.39, 0.29) is 5.95 Å². The first-order valence-corrected chi connectivity index (χ1v) is 4.15. The summed E-state index contributed by atoms with van der Waals surface area (Å²) in [6.45, 7) is 3.68. The van der Waals surface area contributed by atoms with Crippen LogP contribution in [0, 0.1) is 13.8 Å². The molecular weight excluding hydrogens is 182 g/mol. The predicted molar refractivity (Wildman–Crippen MR) is 51.0 cm³/mol. The molecule has 0 saturated heterocycles. The Kier molecular flexibility index (Phi) is 1.92. The van der Waals surface area contributed by atoms with Gasteiger partial charge in [-0.1, -0.05) is 0 Å². The number of amides is 1. The van der Waals surface area contributed by atoms with Gasteiger partial charge in [0.25, 0.3) is 0 Å². The summed E-state index contributed by atoms with van der Waals surface area (Å²) >= 11 is 0. The van der Waals surface area contributed by atoms with Crippen molar-refractivity contribution in [3.63, 3.8) is 0 Å². The summed E-state index contributed by atoms with van der Waals surface area (Å²) in [5, 5.41) is 3.26. The average molecular weight is 191 g/mol. The van der Waals surface area contributed by atoms with Crippen molar-refractivity contribution in [3.05, 3.63) is 17.5 Å². The highest BCUT2D eigenvalue weighted by Gasteiger charge is 2.07. The van der Waals surface area contributed by atoms with Crippen LogP contribution in [0.4, 0.5) is 5.95 Å². The Balaban J connectivity index is 2.64. The number of hydrogen-bond acceptors (Lipinski definition) is 4. The smallest absolute Gasteiger partial charge is 0.232 e. The molecule has 2 heterocycles. The maximum atomic E-state index is 10.2. The summed E-state index contributed by atoms with van der Waals surface area (Å²) in [7, 11) is 0. The largest absolute Gasteiger partial charge is 0.443 e. The number of nitrogens with zero attached hydrogens (tertiary/aromatic N) is 2. The third kappa shape index (κ3) is 1.32. The maximum Gasteiger partial charge on any atom is 0.232 e. The van der Waals surface area contributed by atoms with Crippen molar-refractivity contribution in [1.82, 2.24) is 9.97 Å². The molecule has 2 aromatic rings. The van der Waals surface area contributed by atoms with Crippen LogP contribution < -0.4 is 5.32 Å². The van der Waals surface area contributed by atoms with Gasteiger partial charge in [-0.15, -0.1) is 0 Å². The van der Waals surface area contributed by atoms with Gasteiger partial charge in [0.15, 0.2) is 0 Å². The number of carbonyl (C=O) groups excluding carboxylic acids is 1. The van der Waals surface area contributed by atoms with Gasteiger partial charge in [0, 0.05) is 0 Å². The molecule has 0 saturated carbocycles. The minimum atomic E-state index is 0.263. The third-order valence-electron chi connectivity index (χ3n) is 1.89. The maximum absolute atomic E-state index is 10.2. The number of nitrogens with one attached hydrogen (secondary N) is 1. The van der Waals surface area contributed by atoms with E-state index in [9.17, 15) is 4.79 Å². The van der Waals surface area contributed by atoms with Crippen LogP contribution in [-0.4, -0.2) is 16.4 Å². The summed E-state index contributed by atoms with van der Waals surface area (Å²) < 4.78 is 5.33. The van der Waals surface area contributed by atoms with E-state index in [4.69, 9.17) is 4.42 Å². The second kappa shape index (κ2) is 3.10. The van der Waals surface area contributed by atoms with E-state index in [0.717, 1.165) is 16.8 Å². The predicted octanol–water partition coefficient (Wildman–Crippen LogP) is 1.41. The number of furan rings is 1. The highest BCUT2D eigenvalue weighted by Crippen LogP contribution is 2.20. The van der Waals surface area contributed by atoms with Crippen molar-refractivity contribution >= 4 is 23.5 Å². The Morgan fingerprint density at radius 1 is 1.43 bits per heavy atom. The summed E-state index contributed by atoms with van der Waals surface area (Å²) in [5.41, 5.74) is 1.29. The van der Waals surface area contributed by atoms with E-state index >= 15 is 0 Å². The molecule has 2 rings (SSSR count). The zero-order valence-electron chi connectivity index (χ0n) is 7.87. The Morgan fingerprint density at radius 3 is 2.93 bits per heavy atom. The standard InChI is InChI=1S/C9H9N3O2/c1-5-3-7-6(2)11-9(10-4-13)12-8(7)14-5/h3-4H,1-2H3,(H,10,11,12,13). The quantitative estimate of drug-likeness (QED) is 0.728.